The quantitative estimate of drug-likeness (QED) is 0.838. The monoisotopic (exact) mass is 344 g/mol. The average Bonchev–Trinajstić information content (AvgIpc) is 2.95. The van der Waals surface area contributed by atoms with Gasteiger partial charge in [-0.2, -0.15) is 5.10 Å². The molecule has 1 aromatic carbocycles. The van der Waals surface area contributed by atoms with Crippen molar-refractivity contribution < 1.29 is 14.6 Å². The average molecular weight is 344 g/mol. The molecule has 0 aliphatic carbocycles. The van der Waals surface area contributed by atoms with Crippen molar-refractivity contribution in [2.24, 2.45) is 0 Å². The van der Waals surface area contributed by atoms with Gasteiger partial charge in [0.05, 0.1) is 12.3 Å². The topological polar surface area (TPSA) is 75.2 Å². The number of H-pyrrole nitrogens is 1. The zero-order chi connectivity index (χ0) is 19.0. The minimum absolute atomic E-state index is 0.0502. The number of aromatic nitrogens is 2. The Labute approximate surface area is 149 Å². The van der Waals surface area contributed by atoms with Crippen LogP contribution in [0.15, 0.2) is 18.2 Å². The van der Waals surface area contributed by atoms with Crippen LogP contribution in [0.2, 0.25) is 0 Å². The summed E-state index contributed by atoms with van der Waals surface area (Å²) in [6.07, 6.45) is 0. The number of hydrogen-bond acceptors (Lipinski definition) is 3. The van der Waals surface area contributed by atoms with Gasteiger partial charge in [-0.3, -0.25) is 5.10 Å². The predicted octanol–water partition coefficient (Wildman–Crippen LogP) is 4.77. The molecule has 136 valence electrons. The SMILES string of the molecule is CCOc1c(-c2cc(C(=O)O)[nH]n2)cc(C(C)(C)C)cc1C(C)(C)C. The molecule has 25 heavy (non-hydrogen) atoms. The minimum Gasteiger partial charge on any atom is -0.493 e. The highest BCUT2D eigenvalue weighted by atomic mass is 16.5. The fourth-order valence-corrected chi connectivity index (χ4v) is 2.68. The molecule has 0 bridgehead atoms. The smallest absolute Gasteiger partial charge is 0.353 e. The molecule has 1 heterocycles. The van der Waals surface area contributed by atoms with Crippen molar-refractivity contribution in [2.75, 3.05) is 6.61 Å². The molecule has 1 aromatic heterocycles. The van der Waals surface area contributed by atoms with Crippen LogP contribution in [0.3, 0.4) is 0 Å². The maximum Gasteiger partial charge on any atom is 0.353 e. The Kier molecular flexibility index (Phi) is 4.98. The Morgan fingerprint density at radius 3 is 2.20 bits per heavy atom. The van der Waals surface area contributed by atoms with Gasteiger partial charge in [-0.15, -0.1) is 0 Å². The number of nitrogens with zero attached hydrogens (tertiary/aromatic N) is 1. The normalized spacial score (nSPS) is 12.3. The molecular formula is C20H28N2O3. The summed E-state index contributed by atoms with van der Waals surface area (Å²) in [7, 11) is 0. The van der Waals surface area contributed by atoms with Crippen molar-refractivity contribution in [1.29, 1.82) is 0 Å². The van der Waals surface area contributed by atoms with E-state index in [1.54, 1.807) is 6.07 Å². The second-order valence-electron chi connectivity index (χ2n) is 8.31. The summed E-state index contributed by atoms with van der Waals surface area (Å²) < 4.78 is 5.99. The minimum atomic E-state index is -1.03. The Morgan fingerprint density at radius 1 is 1.12 bits per heavy atom. The molecule has 2 rings (SSSR count). The van der Waals surface area contributed by atoms with Crippen LogP contribution in [0.25, 0.3) is 11.3 Å². The third-order valence-corrected chi connectivity index (χ3v) is 4.14. The third-order valence-electron chi connectivity index (χ3n) is 4.14. The fraction of sp³-hybridized carbons (Fsp3) is 0.500. The van der Waals surface area contributed by atoms with Crippen molar-refractivity contribution in [1.82, 2.24) is 10.2 Å². The van der Waals surface area contributed by atoms with E-state index in [9.17, 15) is 9.90 Å². The van der Waals surface area contributed by atoms with E-state index in [0.717, 1.165) is 22.4 Å². The van der Waals surface area contributed by atoms with Gasteiger partial charge in [-0.05, 0) is 35.4 Å². The summed E-state index contributed by atoms with van der Waals surface area (Å²) in [5, 5.41) is 16.0. The number of nitrogens with one attached hydrogen (secondary N) is 1. The molecule has 0 amide bonds. The van der Waals surface area contributed by atoms with Gasteiger partial charge in [0.2, 0.25) is 0 Å². The first-order valence-corrected chi connectivity index (χ1v) is 8.56. The van der Waals surface area contributed by atoms with E-state index < -0.39 is 5.97 Å². The second-order valence-corrected chi connectivity index (χ2v) is 8.31. The number of ether oxygens (including phenoxy) is 1. The van der Waals surface area contributed by atoms with Crippen LogP contribution >= 0.6 is 0 Å². The van der Waals surface area contributed by atoms with Gasteiger partial charge >= 0.3 is 5.97 Å². The molecule has 0 atom stereocenters. The van der Waals surface area contributed by atoms with Crippen molar-refractivity contribution in [3.05, 3.63) is 35.0 Å². The lowest BCUT2D eigenvalue weighted by molar-refractivity contribution is 0.0690. The molecule has 0 aliphatic heterocycles. The predicted molar refractivity (Wildman–Crippen MR) is 99.6 cm³/mol. The van der Waals surface area contributed by atoms with Crippen molar-refractivity contribution >= 4 is 5.97 Å². The summed E-state index contributed by atoms with van der Waals surface area (Å²) in [4.78, 5) is 11.2. The highest BCUT2D eigenvalue weighted by molar-refractivity contribution is 5.87. The second kappa shape index (κ2) is 6.54. The molecular weight excluding hydrogens is 316 g/mol. The fourth-order valence-electron chi connectivity index (χ4n) is 2.68. The summed E-state index contributed by atoms with van der Waals surface area (Å²) in [5.74, 6) is -0.258. The van der Waals surface area contributed by atoms with E-state index in [4.69, 9.17) is 4.74 Å². The highest BCUT2D eigenvalue weighted by Gasteiger charge is 2.27. The van der Waals surface area contributed by atoms with Gasteiger partial charge in [0.1, 0.15) is 11.4 Å². The van der Waals surface area contributed by atoms with E-state index in [0.29, 0.717) is 12.3 Å². The van der Waals surface area contributed by atoms with E-state index in [1.165, 1.54) is 0 Å². The van der Waals surface area contributed by atoms with Gasteiger partial charge in [-0.25, -0.2) is 4.79 Å². The van der Waals surface area contributed by atoms with E-state index in [-0.39, 0.29) is 16.5 Å². The highest BCUT2D eigenvalue weighted by Crippen LogP contribution is 2.42. The van der Waals surface area contributed by atoms with Crippen LogP contribution in [0, 0.1) is 0 Å². The molecule has 5 nitrogen and oxygen atoms in total. The van der Waals surface area contributed by atoms with Crippen molar-refractivity contribution in [2.45, 2.75) is 59.3 Å². The molecule has 5 heteroatoms. The Bertz CT molecular complexity index is 777. The zero-order valence-corrected chi connectivity index (χ0v) is 16.2. The van der Waals surface area contributed by atoms with Crippen LogP contribution in [-0.4, -0.2) is 27.9 Å². The summed E-state index contributed by atoms with van der Waals surface area (Å²) in [5.41, 5.74) is 3.56. The Hall–Kier alpha value is -2.30. The summed E-state index contributed by atoms with van der Waals surface area (Å²) in [6.45, 7) is 15.4. The molecule has 0 radical (unpaired) electrons. The van der Waals surface area contributed by atoms with Crippen LogP contribution in [0.1, 0.15) is 70.1 Å². The van der Waals surface area contributed by atoms with E-state index >= 15 is 0 Å². The number of rotatable bonds is 4. The lowest BCUT2D eigenvalue weighted by Gasteiger charge is -2.29. The number of carbonyl (C=O) groups is 1. The van der Waals surface area contributed by atoms with Crippen molar-refractivity contribution in [3.63, 3.8) is 0 Å². The lowest BCUT2D eigenvalue weighted by atomic mass is 9.78. The number of aromatic amines is 1. The number of benzene rings is 1. The maximum absolute atomic E-state index is 11.2. The van der Waals surface area contributed by atoms with Gasteiger partial charge in [0.15, 0.2) is 0 Å². The molecule has 2 aromatic rings. The molecule has 0 unspecified atom stereocenters. The largest absolute Gasteiger partial charge is 0.493 e. The zero-order valence-electron chi connectivity index (χ0n) is 16.2. The van der Waals surface area contributed by atoms with Crippen molar-refractivity contribution in [3.8, 4) is 17.0 Å². The standard InChI is InChI=1S/C20H28N2O3/c1-8-25-17-13(15-11-16(18(23)24)22-21-15)9-12(19(2,3)4)10-14(17)20(5,6)7/h9-11H,8H2,1-7H3,(H,21,22)(H,23,24). The molecule has 2 N–H and O–H groups in total. The molecule has 0 aliphatic rings. The summed E-state index contributed by atoms with van der Waals surface area (Å²) in [6, 6.07) is 5.81. The van der Waals surface area contributed by atoms with Crippen LogP contribution in [0.5, 0.6) is 5.75 Å². The number of hydrogen-bond donors (Lipinski definition) is 2. The van der Waals surface area contributed by atoms with Gasteiger partial charge in [-0.1, -0.05) is 47.6 Å². The Morgan fingerprint density at radius 2 is 1.76 bits per heavy atom. The van der Waals surface area contributed by atoms with Crippen LogP contribution in [-0.2, 0) is 10.8 Å². The number of aromatic carboxylic acids is 1. The number of carboxylic acids is 1. The first kappa shape index (κ1) is 19.0. The molecule has 0 spiro atoms. The van der Waals surface area contributed by atoms with Gasteiger partial charge in [0.25, 0.3) is 0 Å². The molecule has 0 saturated carbocycles. The lowest BCUT2D eigenvalue weighted by Crippen LogP contribution is -2.18. The molecule has 0 fully saturated rings. The first-order valence-electron chi connectivity index (χ1n) is 8.56. The third kappa shape index (κ3) is 4.03. The first-order chi connectivity index (χ1) is 11.4. The van der Waals surface area contributed by atoms with Crippen LogP contribution in [0.4, 0.5) is 0 Å². The maximum atomic E-state index is 11.2. The Balaban J connectivity index is 2.80. The van der Waals surface area contributed by atoms with Crippen LogP contribution < -0.4 is 4.74 Å². The molecule has 0 saturated heterocycles. The van der Waals surface area contributed by atoms with E-state index in [1.807, 2.05) is 6.92 Å². The van der Waals surface area contributed by atoms with Gasteiger partial charge in [0, 0.05) is 11.1 Å². The van der Waals surface area contributed by atoms with Gasteiger partial charge < -0.3 is 9.84 Å². The van der Waals surface area contributed by atoms with E-state index in [2.05, 4.69) is 63.9 Å². The summed E-state index contributed by atoms with van der Waals surface area (Å²) >= 11 is 0. The number of carboxylic acid groups (broad SMARTS) is 1.